The van der Waals surface area contributed by atoms with Gasteiger partial charge in [-0.3, -0.25) is 0 Å². The Kier molecular flexibility index (Phi) is 5.37. The van der Waals surface area contributed by atoms with E-state index in [4.69, 9.17) is 4.74 Å². The summed E-state index contributed by atoms with van der Waals surface area (Å²) in [4.78, 5) is 0. The van der Waals surface area contributed by atoms with Gasteiger partial charge in [0.05, 0.1) is 6.26 Å². The third kappa shape index (κ3) is 4.02. The van der Waals surface area contributed by atoms with Crippen LogP contribution in [0.1, 0.15) is 58.3 Å². The van der Waals surface area contributed by atoms with E-state index in [9.17, 15) is 0 Å². The van der Waals surface area contributed by atoms with E-state index >= 15 is 0 Å². The fourth-order valence-corrected chi connectivity index (χ4v) is 3.20. The van der Waals surface area contributed by atoms with Gasteiger partial charge in [0, 0.05) is 12.6 Å². The first kappa shape index (κ1) is 12.9. The summed E-state index contributed by atoms with van der Waals surface area (Å²) < 4.78 is 5.62. The summed E-state index contributed by atoms with van der Waals surface area (Å²) in [6.07, 6.45) is 15.2. The molecular weight excluding hydrogens is 210 g/mol. The van der Waals surface area contributed by atoms with E-state index in [0.29, 0.717) is 12.1 Å². The summed E-state index contributed by atoms with van der Waals surface area (Å²) >= 11 is 0. The topological polar surface area (TPSA) is 21.3 Å². The Morgan fingerprint density at radius 3 is 2.71 bits per heavy atom. The van der Waals surface area contributed by atoms with Crippen molar-refractivity contribution < 1.29 is 4.74 Å². The van der Waals surface area contributed by atoms with Crippen LogP contribution in [0.15, 0.2) is 12.3 Å². The summed E-state index contributed by atoms with van der Waals surface area (Å²) in [6.45, 7) is 3.34. The summed E-state index contributed by atoms with van der Waals surface area (Å²) in [5.74, 6) is 0.910. The maximum atomic E-state index is 5.62. The Labute approximate surface area is 106 Å². The van der Waals surface area contributed by atoms with Gasteiger partial charge in [-0.2, -0.15) is 0 Å². The van der Waals surface area contributed by atoms with Gasteiger partial charge in [0.15, 0.2) is 0 Å². The molecule has 2 rings (SSSR count). The summed E-state index contributed by atoms with van der Waals surface area (Å²) in [7, 11) is 0. The number of allylic oxidation sites excluding steroid dienone is 1. The van der Waals surface area contributed by atoms with Crippen molar-refractivity contribution in [1.29, 1.82) is 0 Å². The molecule has 1 fully saturated rings. The highest BCUT2D eigenvalue weighted by Gasteiger charge is 2.23. The number of ether oxygens (including phenoxy) is 1. The molecule has 0 aromatic heterocycles. The second-order valence-electron chi connectivity index (χ2n) is 5.53. The molecular formula is C15H27NO. The molecule has 0 amide bonds. The minimum Gasteiger partial charge on any atom is -0.497 e. The Bertz CT molecular complexity index is 233. The van der Waals surface area contributed by atoms with E-state index in [1.807, 2.05) is 6.26 Å². The normalized spacial score (nSPS) is 27.7. The first-order chi connectivity index (χ1) is 8.40. The zero-order valence-electron chi connectivity index (χ0n) is 11.2. The average molecular weight is 237 g/mol. The van der Waals surface area contributed by atoms with Gasteiger partial charge in [-0.1, -0.05) is 26.2 Å². The number of nitrogens with one attached hydrogen (secondary N) is 1. The molecule has 2 heteroatoms. The van der Waals surface area contributed by atoms with Crippen molar-refractivity contribution in [2.75, 3.05) is 6.54 Å². The van der Waals surface area contributed by atoms with Crippen LogP contribution in [0.4, 0.5) is 0 Å². The lowest BCUT2D eigenvalue weighted by atomic mass is 9.83. The summed E-state index contributed by atoms with van der Waals surface area (Å²) in [6, 6.07) is 0.713. The van der Waals surface area contributed by atoms with Crippen LogP contribution in [-0.2, 0) is 4.74 Å². The third-order valence-electron chi connectivity index (χ3n) is 4.29. The van der Waals surface area contributed by atoms with Crippen molar-refractivity contribution in [3.63, 3.8) is 0 Å². The molecule has 1 aliphatic carbocycles. The summed E-state index contributed by atoms with van der Waals surface area (Å²) in [5.41, 5.74) is 0. The fourth-order valence-electron chi connectivity index (χ4n) is 3.20. The quantitative estimate of drug-likeness (QED) is 0.788. The minimum absolute atomic E-state index is 0.401. The SMILES string of the molecule is CCC(NCC1CCC=CO1)C1CCCCC1. The Morgan fingerprint density at radius 1 is 1.24 bits per heavy atom. The second-order valence-corrected chi connectivity index (χ2v) is 5.53. The second kappa shape index (κ2) is 7.05. The lowest BCUT2D eigenvalue weighted by molar-refractivity contribution is 0.113. The standard InChI is InChI=1S/C15H27NO/c1-2-15(13-8-4-3-5-9-13)16-12-14-10-6-7-11-17-14/h7,11,13-16H,2-6,8-10,12H2,1H3. The van der Waals surface area contributed by atoms with E-state index in [2.05, 4.69) is 18.3 Å². The number of hydrogen-bond acceptors (Lipinski definition) is 2. The Morgan fingerprint density at radius 2 is 2.06 bits per heavy atom. The molecule has 1 saturated carbocycles. The maximum Gasteiger partial charge on any atom is 0.110 e. The molecule has 0 aromatic carbocycles. The fraction of sp³-hybridized carbons (Fsp3) is 0.867. The molecule has 2 atom stereocenters. The highest BCUT2D eigenvalue weighted by atomic mass is 16.5. The van der Waals surface area contributed by atoms with Gasteiger partial charge < -0.3 is 10.1 Å². The molecule has 2 nitrogen and oxygen atoms in total. The van der Waals surface area contributed by atoms with Crippen molar-refractivity contribution in [1.82, 2.24) is 5.32 Å². The largest absolute Gasteiger partial charge is 0.497 e. The van der Waals surface area contributed by atoms with Crippen molar-refractivity contribution >= 4 is 0 Å². The van der Waals surface area contributed by atoms with E-state index in [-0.39, 0.29) is 0 Å². The highest BCUT2D eigenvalue weighted by Crippen LogP contribution is 2.27. The van der Waals surface area contributed by atoms with Gasteiger partial charge in [0.25, 0.3) is 0 Å². The van der Waals surface area contributed by atoms with Crippen LogP contribution in [0.5, 0.6) is 0 Å². The molecule has 1 heterocycles. The van der Waals surface area contributed by atoms with Gasteiger partial charge in [-0.15, -0.1) is 0 Å². The van der Waals surface area contributed by atoms with Gasteiger partial charge in [-0.05, 0) is 44.1 Å². The maximum absolute atomic E-state index is 5.62. The molecule has 0 bridgehead atoms. The van der Waals surface area contributed by atoms with Crippen LogP contribution in [0.2, 0.25) is 0 Å². The average Bonchev–Trinajstić information content (AvgIpc) is 2.42. The summed E-state index contributed by atoms with van der Waals surface area (Å²) in [5, 5.41) is 3.75. The Balaban J connectivity index is 1.72. The van der Waals surface area contributed by atoms with Gasteiger partial charge >= 0.3 is 0 Å². The zero-order valence-corrected chi connectivity index (χ0v) is 11.2. The number of rotatable bonds is 5. The molecule has 1 N–H and O–H groups in total. The van der Waals surface area contributed by atoms with Gasteiger partial charge in [-0.25, -0.2) is 0 Å². The van der Waals surface area contributed by atoms with Crippen molar-refractivity contribution in [3.8, 4) is 0 Å². The zero-order chi connectivity index (χ0) is 11.9. The van der Waals surface area contributed by atoms with Crippen molar-refractivity contribution in [2.45, 2.75) is 70.4 Å². The molecule has 17 heavy (non-hydrogen) atoms. The van der Waals surface area contributed by atoms with Crippen LogP contribution in [0, 0.1) is 5.92 Å². The predicted octanol–water partition coefficient (Wildman–Crippen LogP) is 3.63. The van der Waals surface area contributed by atoms with Crippen LogP contribution in [0.3, 0.4) is 0 Å². The first-order valence-corrected chi connectivity index (χ1v) is 7.44. The van der Waals surface area contributed by atoms with Crippen LogP contribution in [0.25, 0.3) is 0 Å². The lowest BCUT2D eigenvalue weighted by Gasteiger charge is -2.32. The predicted molar refractivity (Wildman–Crippen MR) is 71.9 cm³/mol. The van der Waals surface area contributed by atoms with E-state index in [0.717, 1.165) is 12.5 Å². The van der Waals surface area contributed by atoms with E-state index < -0.39 is 0 Å². The minimum atomic E-state index is 0.401. The first-order valence-electron chi connectivity index (χ1n) is 7.44. The molecule has 0 saturated heterocycles. The van der Waals surface area contributed by atoms with Crippen LogP contribution >= 0.6 is 0 Å². The number of hydrogen-bond donors (Lipinski definition) is 1. The monoisotopic (exact) mass is 237 g/mol. The lowest BCUT2D eigenvalue weighted by Crippen LogP contribution is -2.41. The molecule has 0 radical (unpaired) electrons. The van der Waals surface area contributed by atoms with Gasteiger partial charge in [0.1, 0.15) is 6.10 Å². The van der Waals surface area contributed by atoms with E-state index in [1.54, 1.807) is 0 Å². The molecule has 1 aliphatic heterocycles. The van der Waals surface area contributed by atoms with E-state index in [1.165, 1.54) is 51.4 Å². The molecule has 98 valence electrons. The van der Waals surface area contributed by atoms with Crippen molar-refractivity contribution in [2.24, 2.45) is 5.92 Å². The Hall–Kier alpha value is -0.500. The van der Waals surface area contributed by atoms with Crippen LogP contribution in [-0.4, -0.2) is 18.7 Å². The smallest absolute Gasteiger partial charge is 0.110 e. The molecule has 0 spiro atoms. The van der Waals surface area contributed by atoms with Gasteiger partial charge in [0.2, 0.25) is 0 Å². The highest BCUT2D eigenvalue weighted by molar-refractivity contribution is 4.85. The molecule has 2 unspecified atom stereocenters. The molecule has 0 aromatic rings. The molecule has 2 aliphatic rings. The third-order valence-corrected chi connectivity index (χ3v) is 4.29. The van der Waals surface area contributed by atoms with Crippen molar-refractivity contribution in [3.05, 3.63) is 12.3 Å². The van der Waals surface area contributed by atoms with Crippen LogP contribution < -0.4 is 5.32 Å².